The van der Waals surface area contributed by atoms with Gasteiger partial charge in [0, 0.05) is 23.5 Å². The maximum absolute atomic E-state index is 12.2. The lowest BCUT2D eigenvalue weighted by Gasteiger charge is -2.11. The average molecular weight is 362 g/mol. The van der Waals surface area contributed by atoms with Crippen molar-refractivity contribution in [1.82, 2.24) is 4.57 Å². The van der Waals surface area contributed by atoms with Gasteiger partial charge in [0.1, 0.15) is 0 Å². The van der Waals surface area contributed by atoms with Gasteiger partial charge in [0.25, 0.3) is 5.91 Å². The fourth-order valence-electron chi connectivity index (χ4n) is 3.72. The van der Waals surface area contributed by atoms with Crippen LogP contribution in [0.4, 0.5) is 0 Å². The fraction of sp³-hybridized carbons (Fsp3) is 0.227. The zero-order valence-electron chi connectivity index (χ0n) is 15.7. The Morgan fingerprint density at radius 1 is 1.00 bits per heavy atom. The number of aromatic nitrogens is 1. The third kappa shape index (κ3) is 2.95. The predicted molar refractivity (Wildman–Crippen MR) is 104 cm³/mol. The van der Waals surface area contributed by atoms with E-state index in [-0.39, 0.29) is 6.79 Å². The number of aryl methyl sites for hydroxylation is 1. The number of hydrogen-bond donors (Lipinski definition) is 1. The normalized spacial score (nSPS) is 12.4. The van der Waals surface area contributed by atoms with Crippen molar-refractivity contribution < 1.29 is 14.3 Å². The largest absolute Gasteiger partial charge is 0.454 e. The van der Waals surface area contributed by atoms with Gasteiger partial charge in [0.05, 0.1) is 5.56 Å². The van der Waals surface area contributed by atoms with E-state index in [0.29, 0.717) is 12.1 Å². The van der Waals surface area contributed by atoms with Crippen LogP contribution in [-0.4, -0.2) is 17.3 Å². The second-order valence-electron chi connectivity index (χ2n) is 6.92. The van der Waals surface area contributed by atoms with Gasteiger partial charge in [0.2, 0.25) is 6.79 Å². The second kappa shape index (κ2) is 6.50. The van der Waals surface area contributed by atoms with E-state index < -0.39 is 5.91 Å². The molecule has 5 heteroatoms. The Hall–Kier alpha value is -3.21. The number of amides is 1. The van der Waals surface area contributed by atoms with Crippen LogP contribution in [0.5, 0.6) is 11.5 Å². The van der Waals surface area contributed by atoms with Crippen molar-refractivity contribution in [2.75, 3.05) is 6.79 Å². The Labute approximate surface area is 158 Å². The van der Waals surface area contributed by atoms with Crippen LogP contribution in [0.2, 0.25) is 0 Å². The van der Waals surface area contributed by atoms with Crippen LogP contribution in [0, 0.1) is 20.8 Å². The van der Waals surface area contributed by atoms with E-state index in [2.05, 4.69) is 4.57 Å². The molecule has 4 rings (SSSR count). The van der Waals surface area contributed by atoms with Crippen LogP contribution in [0.25, 0.3) is 11.1 Å². The Morgan fingerprint density at radius 3 is 2.41 bits per heavy atom. The van der Waals surface area contributed by atoms with E-state index in [1.165, 1.54) is 5.56 Å². The first-order chi connectivity index (χ1) is 13.0. The van der Waals surface area contributed by atoms with Crippen LogP contribution >= 0.6 is 0 Å². The molecule has 3 aromatic rings. The third-order valence-corrected chi connectivity index (χ3v) is 5.15. The van der Waals surface area contributed by atoms with Crippen LogP contribution in [0.1, 0.15) is 32.9 Å². The molecule has 27 heavy (non-hydrogen) atoms. The summed E-state index contributed by atoms with van der Waals surface area (Å²) in [4.78, 5) is 12.2. The molecule has 5 nitrogen and oxygen atoms in total. The lowest BCUT2D eigenvalue weighted by Crippen LogP contribution is -2.13. The highest BCUT2D eigenvalue weighted by molar-refractivity contribution is 6.02. The maximum Gasteiger partial charge on any atom is 0.251 e. The van der Waals surface area contributed by atoms with E-state index in [4.69, 9.17) is 15.2 Å². The lowest BCUT2D eigenvalue weighted by molar-refractivity contribution is 0.1000. The summed E-state index contributed by atoms with van der Waals surface area (Å²) in [5, 5.41) is 0. The highest BCUT2D eigenvalue weighted by atomic mass is 16.7. The Morgan fingerprint density at radius 2 is 1.70 bits per heavy atom. The first-order valence-corrected chi connectivity index (χ1v) is 8.90. The molecule has 2 N–H and O–H groups in total. The minimum absolute atomic E-state index is 0.254. The molecule has 0 spiro atoms. The van der Waals surface area contributed by atoms with Gasteiger partial charge in [-0.2, -0.15) is 0 Å². The van der Waals surface area contributed by atoms with E-state index in [1.54, 1.807) is 0 Å². The van der Waals surface area contributed by atoms with Crippen molar-refractivity contribution in [2.45, 2.75) is 27.3 Å². The van der Waals surface area contributed by atoms with Gasteiger partial charge in [-0.3, -0.25) is 4.79 Å². The monoisotopic (exact) mass is 362 g/mol. The van der Waals surface area contributed by atoms with Gasteiger partial charge in [0.15, 0.2) is 11.5 Å². The number of nitrogens with zero attached hydrogens (tertiary/aromatic N) is 1. The number of primary amides is 1. The zero-order valence-corrected chi connectivity index (χ0v) is 15.7. The number of hydrogen-bond acceptors (Lipinski definition) is 3. The van der Waals surface area contributed by atoms with E-state index in [9.17, 15) is 4.79 Å². The SMILES string of the molecule is Cc1ccc(-c2c(C(N)=O)c(C)n(Cc3ccc4c(c3)OCO4)c2C)cc1. The molecular formula is C22H22N2O3. The van der Waals surface area contributed by atoms with Crippen LogP contribution < -0.4 is 15.2 Å². The van der Waals surface area contributed by atoms with E-state index in [0.717, 1.165) is 39.6 Å². The van der Waals surface area contributed by atoms with Crippen molar-refractivity contribution in [2.24, 2.45) is 5.73 Å². The molecule has 2 heterocycles. The molecule has 138 valence electrons. The number of carbonyl (C=O) groups excluding carboxylic acids is 1. The van der Waals surface area contributed by atoms with E-state index >= 15 is 0 Å². The standard InChI is InChI=1S/C22H22N2O3/c1-13-4-7-17(8-5-13)20-14(2)24(15(3)21(20)22(23)25)11-16-6-9-18-19(10-16)27-12-26-18/h4-10H,11-12H2,1-3H3,(H2,23,25). The number of fused-ring (bicyclic) bond motifs is 1. The molecule has 0 bridgehead atoms. The molecule has 2 aromatic carbocycles. The van der Waals surface area contributed by atoms with Gasteiger partial charge < -0.3 is 19.8 Å². The summed E-state index contributed by atoms with van der Waals surface area (Å²) >= 11 is 0. The molecule has 1 aliphatic heterocycles. The van der Waals surface area contributed by atoms with Crippen molar-refractivity contribution >= 4 is 5.91 Å². The first-order valence-electron chi connectivity index (χ1n) is 8.90. The summed E-state index contributed by atoms with van der Waals surface area (Å²) in [6, 6.07) is 14.1. The molecule has 0 saturated carbocycles. The number of benzene rings is 2. The maximum atomic E-state index is 12.2. The van der Waals surface area contributed by atoms with Gasteiger partial charge in [-0.1, -0.05) is 35.9 Å². The quantitative estimate of drug-likeness (QED) is 0.764. The van der Waals surface area contributed by atoms with Crippen molar-refractivity contribution in [1.29, 1.82) is 0 Å². The minimum atomic E-state index is -0.407. The molecule has 0 fully saturated rings. The van der Waals surface area contributed by atoms with Gasteiger partial charge in [-0.25, -0.2) is 0 Å². The summed E-state index contributed by atoms with van der Waals surface area (Å²) in [6.45, 7) is 6.89. The van der Waals surface area contributed by atoms with Crippen LogP contribution in [0.3, 0.4) is 0 Å². The molecule has 0 unspecified atom stereocenters. The summed E-state index contributed by atoms with van der Waals surface area (Å²) in [5.74, 6) is 1.11. The van der Waals surface area contributed by atoms with Crippen LogP contribution in [-0.2, 0) is 6.54 Å². The zero-order chi connectivity index (χ0) is 19.1. The smallest absolute Gasteiger partial charge is 0.251 e. The highest BCUT2D eigenvalue weighted by Crippen LogP contribution is 2.35. The summed E-state index contributed by atoms with van der Waals surface area (Å²) in [6.07, 6.45) is 0. The van der Waals surface area contributed by atoms with Gasteiger partial charge in [-0.15, -0.1) is 0 Å². The Balaban J connectivity index is 1.80. The molecule has 0 saturated heterocycles. The van der Waals surface area contributed by atoms with E-state index in [1.807, 2.05) is 63.2 Å². The third-order valence-electron chi connectivity index (χ3n) is 5.15. The summed E-state index contributed by atoms with van der Waals surface area (Å²) in [7, 11) is 0. The highest BCUT2D eigenvalue weighted by Gasteiger charge is 2.23. The number of carbonyl (C=O) groups is 1. The number of ether oxygens (including phenoxy) is 2. The molecule has 1 amide bonds. The molecular weight excluding hydrogens is 340 g/mol. The summed E-state index contributed by atoms with van der Waals surface area (Å²) in [5.41, 5.74) is 12.4. The molecule has 0 radical (unpaired) electrons. The Bertz CT molecular complexity index is 1030. The lowest BCUT2D eigenvalue weighted by atomic mass is 9.99. The molecule has 0 atom stereocenters. The minimum Gasteiger partial charge on any atom is -0.454 e. The van der Waals surface area contributed by atoms with Crippen molar-refractivity contribution in [3.05, 3.63) is 70.5 Å². The first kappa shape index (κ1) is 17.2. The molecule has 0 aliphatic carbocycles. The van der Waals surface area contributed by atoms with Crippen molar-refractivity contribution in [3.8, 4) is 22.6 Å². The Kier molecular flexibility index (Phi) is 4.15. The number of nitrogens with two attached hydrogens (primary N) is 1. The van der Waals surface area contributed by atoms with Crippen LogP contribution in [0.15, 0.2) is 42.5 Å². The predicted octanol–water partition coefficient (Wildman–Crippen LogP) is 3.96. The summed E-state index contributed by atoms with van der Waals surface area (Å²) < 4.78 is 13.0. The fourth-order valence-corrected chi connectivity index (χ4v) is 3.72. The van der Waals surface area contributed by atoms with Crippen molar-refractivity contribution in [3.63, 3.8) is 0 Å². The van der Waals surface area contributed by atoms with Gasteiger partial charge in [-0.05, 0) is 44.0 Å². The average Bonchev–Trinajstić information content (AvgIpc) is 3.20. The molecule has 1 aromatic heterocycles. The molecule has 1 aliphatic rings. The second-order valence-corrected chi connectivity index (χ2v) is 6.92. The topological polar surface area (TPSA) is 66.5 Å². The van der Waals surface area contributed by atoms with Gasteiger partial charge >= 0.3 is 0 Å². The number of rotatable bonds is 4.